The van der Waals surface area contributed by atoms with Gasteiger partial charge in [0.25, 0.3) is 0 Å². The van der Waals surface area contributed by atoms with E-state index in [-0.39, 0.29) is 0 Å². The Morgan fingerprint density at radius 2 is 0.560 bits per heavy atom. The van der Waals surface area contributed by atoms with Gasteiger partial charge >= 0.3 is 0 Å². The van der Waals surface area contributed by atoms with Crippen LogP contribution in [0.1, 0.15) is 0 Å². The van der Waals surface area contributed by atoms with Crippen molar-refractivity contribution in [2.45, 2.75) is 0 Å². The van der Waals surface area contributed by atoms with E-state index in [1.807, 2.05) is 0 Å². The van der Waals surface area contributed by atoms with Gasteiger partial charge in [-0.25, -0.2) is 0 Å². The largest absolute Gasteiger partial charge is 0.0622 e. The monoisotopic (exact) mass is 634 g/mol. The van der Waals surface area contributed by atoms with Crippen LogP contribution in [0.2, 0.25) is 0 Å². The summed E-state index contributed by atoms with van der Waals surface area (Å²) in [5.74, 6) is 0. The molecule has 0 atom stereocenters. The van der Waals surface area contributed by atoms with E-state index in [9.17, 15) is 0 Å². The minimum absolute atomic E-state index is 1.21. The molecule has 0 aliphatic carbocycles. The summed E-state index contributed by atoms with van der Waals surface area (Å²) in [5, 5.41) is 4.97. The second-order valence-electron chi connectivity index (χ2n) is 12.8. The molecular weight excluding hydrogens is 601 g/mol. The summed E-state index contributed by atoms with van der Waals surface area (Å²) in [6.45, 7) is 0. The van der Waals surface area contributed by atoms with Crippen molar-refractivity contribution in [2.75, 3.05) is 0 Å². The molecule has 0 spiro atoms. The second-order valence-corrected chi connectivity index (χ2v) is 12.8. The predicted molar refractivity (Wildman–Crippen MR) is 214 cm³/mol. The molecule has 0 radical (unpaired) electrons. The Bertz CT molecular complexity index is 2490. The minimum Gasteiger partial charge on any atom is -0.0622 e. The van der Waals surface area contributed by atoms with E-state index < -0.39 is 0 Å². The van der Waals surface area contributed by atoms with Gasteiger partial charge in [-0.2, -0.15) is 0 Å². The maximum atomic E-state index is 2.37. The fourth-order valence-electron chi connectivity index (χ4n) is 7.66. The first-order chi connectivity index (χ1) is 24.8. The normalized spacial score (nSPS) is 11.2. The lowest BCUT2D eigenvalue weighted by atomic mass is 9.80. The van der Waals surface area contributed by atoms with E-state index in [0.29, 0.717) is 0 Å². The van der Waals surface area contributed by atoms with Gasteiger partial charge in [-0.1, -0.05) is 200 Å². The molecule has 0 heteroatoms. The Labute approximate surface area is 293 Å². The summed E-state index contributed by atoms with van der Waals surface area (Å²) in [5.41, 5.74) is 14.7. The summed E-state index contributed by atoms with van der Waals surface area (Å²) < 4.78 is 0. The Morgan fingerprint density at radius 3 is 1.02 bits per heavy atom. The summed E-state index contributed by atoms with van der Waals surface area (Å²) in [6.07, 6.45) is 0. The number of benzene rings is 9. The zero-order chi connectivity index (χ0) is 33.3. The highest BCUT2D eigenvalue weighted by atomic mass is 14.3. The van der Waals surface area contributed by atoms with Crippen LogP contribution in [0, 0.1) is 0 Å². The SMILES string of the molecule is c1ccc(-c2ccc(-c3c4ccccc4c(-c4c(-c5ccccc5)cccc4-c4ccccc4)c4ccccc34)c(-c3ccccc3)c2)cc1. The van der Waals surface area contributed by atoms with Crippen LogP contribution in [-0.4, -0.2) is 0 Å². The van der Waals surface area contributed by atoms with E-state index in [1.165, 1.54) is 88.3 Å². The third kappa shape index (κ3) is 5.19. The topological polar surface area (TPSA) is 0 Å². The van der Waals surface area contributed by atoms with Crippen LogP contribution in [0.3, 0.4) is 0 Å². The predicted octanol–water partition coefficient (Wildman–Crippen LogP) is 14.0. The van der Waals surface area contributed by atoms with Gasteiger partial charge in [-0.15, -0.1) is 0 Å². The van der Waals surface area contributed by atoms with Crippen molar-refractivity contribution in [2.24, 2.45) is 0 Å². The maximum absolute atomic E-state index is 2.37. The molecule has 0 amide bonds. The molecule has 9 rings (SSSR count). The highest BCUT2D eigenvalue weighted by molar-refractivity contribution is 6.24. The number of hydrogen-bond donors (Lipinski definition) is 0. The second kappa shape index (κ2) is 12.8. The molecule has 0 N–H and O–H groups in total. The number of rotatable bonds is 6. The van der Waals surface area contributed by atoms with Crippen LogP contribution in [0.4, 0.5) is 0 Å². The molecule has 0 aliphatic heterocycles. The van der Waals surface area contributed by atoms with Crippen LogP contribution in [-0.2, 0) is 0 Å². The summed E-state index contributed by atoms with van der Waals surface area (Å²) in [7, 11) is 0. The molecule has 9 aromatic carbocycles. The molecule has 9 aromatic rings. The molecule has 0 heterocycles. The van der Waals surface area contributed by atoms with E-state index in [2.05, 4.69) is 206 Å². The zero-order valence-electron chi connectivity index (χ0n) is 27.6. The highest BCUT2D eigenvalue weighted by Crippen LogP contribution is 2.50. The Balaban J connectivity index is 1.41. The van der Waals surface area contributed by atoms with Gasteiger partial charge in [-0.05, 0) is 94.4 Å². The van der Waals surface area contributed by atoms with Crippen LogP contribution >= 0.6 is 0 Å². The first kappa shape index (κ1) is 29.6. The van der Waals surface area contributed by atoms with Gasteiger partial charge in [0.2, 0.25) is 0 Å². The van der Waals surface area contributed by atoms with E-state index in [1.54, 1.807) is 0 Å². The van der Waals surface area contributed by atoms with Crippen molar-refractivity contribution in [3.8, 4) is 66.8 Å². The van der Waals surface area contributed by atoms with Crippen LogP contribution in [0.25, 0.3) is 88.3 Å². The molecule has 234 valence electrons. The molecule has 0 saturated heterocycles. The van der Waals surface area contributed by atoms with Crippen molar-refractivity contribution < 1.29 is 0 Å². The van der Waals surface area contributed by atoms with Crippen LogP contribution in [0.5, 0.6) is 0 Å². The first-order valence-corrected chi connectivity index (χ1v) is 17.3. The first-order valence-electron chi connectivity index (χ1n) is 17.3. The molecule has 0 bridgehead atoms. The van der Waals surface area contributed by atoms with Crippen LogP contribution in [0.15, 0.2) is 206 Å². The molecular formula is C50H34. The average Bonchev–Trinajstić information content (AvgIpc) is 3.21. The lowest BCUT2D eigenvalue weighted by molar-refractivity contribution is 1.57. The Morgan fingerprint density at radius 1 is 0.180 bits per heavy atom. The lowest BCUT2D eigenvalue weighted by Crippen LogP contribution is -1.96. The molecule has 0 saturated carbocycles. The lowest BCUT2D eigenvalue weighted by Gasteiger charge is -2.23. The van der Waals surface area contributed by atoms with Crippen molar-refractivity contribution in [1.82, 2.24) is 0 Å². The van der Waals surface area contributed by atoms with Gasteiger partial charge < -0.3 is 0 Å². The van der Waals surface area contributed by atoms with E-state index in [0.717, 1.165) is 0 Å². The van der Waals surface area contributed by atoms with Crippen molar-refractivity contribution in [1.29, 1.82) is 0 Å². The fourth-order valence-corrected chi connectivity index (χ4v) is 7.66. The van der Waals surface area contributed by atoms with Crippen molar-refractivity contribution in [3.05, 3.63) is 206 Å². The number of hydrogen-bond acceptors (Lipinski definition) is 0. The fraction of sp³-hybridized carbons (Fsp3) is 0. The highest BCUT2D eigenvalue weighted by Gasteiger charge is 2.23. The third-order valence-corrected chi connectivity index (χ3v) is 9.90. The van der Waals surface area contributed by atoms with Gasteiger partial charge in [0.1, 0.15) is 0 Å². The minimum atomic E-state index is 1.21. The van der Waals surface area contributed by atoms with Crippen molar-refractivity contribution >= 4 is 21.5 Å². The molecule has 0 aliphatic rings. The summed E-state index contributed by atoms with van der Waals surface area (Å²) in [6, 6.07) is 74.9. The average molecular weight is 635 g/mol. The maximum Gasteiger partial charge on any atom is -0.00139 e. The standard InChI is InChI=1S/C50H34/c1-5-18-35(19-6-1)39-32-33-46(47(34-39)38-24-11-4-12-25-38)48-42-26-13-15-28-44(42)50(45-29-16-14-27-43(45)48)49-40(36-20-7-2-8-21-36)30-17-31-41(49)37-22-9-3-10-23-37/h1-34H. The van der Waals surface area contributed by atoms with Crippen LogP contribution < -0.4 is 0 Å². The van der Waals surface area contributed by atoms with E-state index >= 15 is 0 Å². The van der Waals surface area contributed by atoms with Gasteiger partial charge in [0.15, 0.2) is 0 Å². The quantitative estimate of drug-likeness (QED) is 0.160. The molecule has 0 fully saturated rings. The van der Waals surface area contributed by atoms with Crippen molar-refractivity contribution in [3.63, 3.8) is 0 Å². The molecule has 0 aromatic heterocycles. The summed E-state index contributed by atoms with van der Waals surface area (Å²) >= 11 is 0. The Hall–Kier alpha value is -6.50. The summed E-state index contributed by atoms with van der Waals surface area (Å²) in [4.78, 5) is 0. The molecule has 0 nitrogen and oxygen atoms in total. The van der Waals surface area contributed by atoms with Gasteiger partial charge in [0.05, 0.1) is 0 Å². The van der Waals surface area contributed by atoms with Gasteiger partial charge in [-0.3, -0.25) is 0 Å². The van der Waals surface area contributed by atoms with Gasteiger partial charge in [0, 0.05) is 0 Å². The third-order valence-electron chi connectivity index (χ3n) is 9.90. The molecule has 0 unspecified atom stereocenters. The smallest absolute Gasteiger partial charge is 0.00139 e. The number of fused-ring (bicyclic) bond motifs is 2. The van der Waals surface area contributed by atoms with E-state index in [4.69, 9.17) is 0 Å². The Kier molecular flexibility index (Phi) is 7.61. The zero-order valence-corrected chi connectivity index (χ0v) is 27.6. The molecule has 50 heavy (non-hydrogen) atoms.